The molecule has 0 saturated carbocycles. The number of anilines is 1. The van der Waals surface area contributed by atoms with Gasteiger partial charge in [-0.3, -0.25) is 24.5 Å². The Bertz CT molecular complexity index is 845. The second kappa shape index (κ2) is 8.52. The van der Waals surface area contributed by atoms with Gasteiger partial charge in [0.25, 0.3) is 11.6 Å². The van der Waals surface area contributed by atoms with E-state index in [9.17, 15) is 24.5 Å². The number of nitrogens with one attached hydrogen (secondary N) is 1. The number of nitro groups is 1. The number of para-hydroxylation sites is 1. The fraction of sp³-hybridized carbons (Fsp3) is 0.167. The zero-order valence-electron chi connectivity index (χ0n) is 13.9. The lowest BCUT2D eigenvalue weighted by Gasteiger charge is -2.07. The number of Topliss-reactive ketones (excluding diaryl/α,β-unsaturated/α-hetero) is 1. The van der Waals surface area contributed by atoms with E-state index in [0.29, 0.717) is 11.3 Å². The monoisotopic (exact) mass is 356 g/mol. The molecule has 0 aliphatic rings. The van der Waals surface area contributed by atoms with E-state index in [2.05, 4.69) is 5.32 Å². The van der Waals surface area contributed by atoms with Crippen LogP contribution < -0.4 is 5.32 Å². The molecule has 0 atom stereocenters. The van der Waals surface area contributed by atoms with Gasteiger partial charge in [0.2, 0.25) is 0 Å². The molecule has 0 radical (unpaired) electrons. The first-order valence-electron chi connectivity index (χ1n) is 7.65. The number of carbonyl (C=O) groups excluding carboxylic acids is 3. The molecule has 0 saturated heterocycles. The number of hydrogen-bond acceptors (Lipinski definition) is 6. The standard InChI is InChI=1S/C18H16N2O6/c1-12(21)13-6-8-15(9-7-13)19-17(22)11-26-18(23)10-14-4-2-3-5-16(14)20(24)25/h2-9H,10-11H2,1H3,(H,19,22). The van der Waals surface area contributed by atoms with E-state index < -0.39 is 23.4 Å². The highest BCUT2D eigenvalue weighted by Gasteiger charge is 2.17. The second-order valence-electron chi connectivity index (χ2n) is 5.40. The summed E-state index contributed by atoms with van der Waals surface area (Å²) in [5.41, 5.74) is 0.996. The third-order valence-corrected chi connectivity index (χ3v) is 3.46. The summed E-state index contributed by atoms with van der Waals surface area (Å²) in [5, 5.41) is 13.4. The Hall–Kier alpha value is -3.55. The minimum Gasteiger partial charge on any atom is -0.455 e. The summed E-state index contributed by atoms with van der Waals surface area (Å²) in [4.78, 5) is 45.1. The number of rotatable bonds is 7. The lowest BCUT2D eigenvalue weighted by atomic mass is 10.1. The van der Waals surface area contributed by atoms with Crippen molar-refractivity contribution in [3.63, 3.8) is 0 Å². The van der Waals surface area contributed by atoms with Crippen LogP contribution in [-0.2, 0) is 20.7 Å². The Morgan fingerprint density at radius 1 is 1.08 bits per heavy atom. The van der Waals surface area contributed by atoms with Crippen LogP contribution in [0.25, 0.3) is 0 Å². The van der Waals surface area contributed by atoms with Crippen molar-refractivity contribution in [2.75, 3.05) is 11.9 Å². The smallest absolute Gasteiger partial charge is 0.311 e. The number of amides is 1. The van der Waals surface area contributed by atoms with Crippen LogP contribution in [0.4, 0.5) is 11.4 Å². The van der Waals surface area contributed by atoms with Crippen LogP contribution in [0.2, 0.25) is 0 Å². The number of ketones is 1. The molecule has 26 heavy (non-hydrogen) atoms. The van der Waals surface area contributed by atoms with Crippen LogP contribution in [0.3, 0.4) is 0 Å². The fourth-order valence-corrected chi connectivity index (χ4v) is 2.18. The molecule has 0 heterocycles. The molecule has 1 amide bonds. The summed E-state index contributed by atoms with van der Waals surface area (Å²) in [5.74, 6) is -1.40. The Kier molecular flexibility index (Phi) is 6.15. The first-order valence-corrected chi connectivity index (χ1v) is 7.65. The first kappa shape index (κ1) is 18.8. The summed E-state index contributed by atoms with van der Waals surface area (Å²) in [7, 11) is 0. The molecule has 0 spiro atoms. The Morgan fingerprint density at radius 3 is 2.35 bits per heavy atom. The van der Waals surface area contributed by atoms with Crippen LogP contribution in [0, 0.1) is 10.1 Å². The highest BCUT2D eigenvalue weighted by Crippen LogP contribution is 2.18. The predicted molar refractivity (Wildman–Crippen MR) is 92.8 cm³/mol. The molecule has 0 aromatic heterocycles. The van der Waals surface area contributed by atoms with Crippen LogP contribution >= 0.6 is 0 Å². The third-order valence-electron chi connectivity index (χ3n) is 3.46. The predicted octanol–water partition coefficient (Wildman–Crippen LogP) is 2.52. The van der Waals surface area contributed by atoms with Crippen molar-refractivity contribution in [1.82, 2.24) is 0 Å². The molecule has 1 N–H and O–H groups in total. The highest BCUT2D eigenvalue weighted by molar-refractivity contribution is 5.96. The quantitative estimate of drug-likeness (QED) is 0.353. The van der Waals surface area contributed by atoms with Crippen LogP contribution in [0.1, 0.15) is 22.8 Å². The van der Waals surface area contributed by atoms with E-state index in [1.54, 1.807) is 30.3 Å². The molecule has 2 rings (SSSR count). The van der Waals surface area contributed by atoms with Crippen molar-refractivity contribution >= 4 is 29.0 Å². The number of carbonyl (C=O) groups is 3. The molecule has 2 aromatic carbocycles. The molecule has 8 heteroatoms. The van der Waals surface area contributed by atoms with Gasteiger partial charge in [0.15, 0.2) is 12.4 Å². The van der Waals surface area contributed by atoms with E-state index >= 15 is 0 Å². The van der Waals surface area contributed by atoms with Gasteiger partial charge in [-0.25, -0.2) is 0 Å². The van der Waals surface area contributed by atoms with Crippen molar-refractivity contribution in [2.45, 2.75) is 13.3 Å². The molecular weight excluding hydrogens is 340 g/mol. The molecular formula is C18H16N2O6. The highest BCUT2D eigenvalue weighted by atomic mass is 16.6. The SMILES string of the molecule is CC(=O)c1ccc(NC(=O)COC(=O)Cc2ccccc2[N+](=O)[O-])cc1. The average molecular weight is 356 g/mol. The van der Waals surface area contributed by atoms with Gasteiger partial charge in [-0.1, -0.05) is 18.2 Å². The Balaban J connectivity index is 1.86. The average Bonchev–Trinajstić information content (AvgIpc) is 2.60. The molecule has 134 valence electrons. The van der Waals surface area contributed by atoms with Gasteiger partial charge >= 0.3 is 5.97 Å². The lowest BCUT2D eigenvalue weighted by molar-refractivity contribution is -0.385. The van der Waals surface area contributed by atoms with Gasteiger partial charge in [0, 0.05) is 22.9 Å². The number of hydrogen-bond donors (Lipinski definition) is 1. The zero-order valence-corrected chi connectivity index (χ0v) is 13.9. The maximum atomic E-state index is 11.8. The summed E-state index contributed by atoms with van der Waals surface area (Å²) >= 11 is 0. The van der Waals surface area contributed by atoms with Gasteiger partial charge in [-0.2, -0.15) is 0 Å². The number of nitrogens with zero attached hydrogens (tertiary/aromatic N) is 1. The van der Waals surface area contributed by atoms with Gasteiger partial charge < -0.3 is 10.1 Å². The van der Waals surface area contributed by atoms with E-state index in [1.807, 2.05) is 0 Å². The van der Waals surface area contributed by atoms with Crippen molar-refractivity contribution in [2.24, 2.45) is 0 Å². The van der Waals surface area contributed by atoms with Gasteiger partial charge in [-0.05, 0) is 31.2 Å². The van der Waals surface area contributed by atoms with Gasteiger partial charge in [0.1, 0.15) is 0 Å². The van der Waals surface area contributed by atoms with Gasteiger partial charge in [0.05, 0.1) is 11.3 Å². The molecule has 0 unspecified atom stereocenters. The summed E-state index contributed by atoms with van der Waals surface area (Å²) in [6.07, 6.45) is -0.308. The summed E-state index contributed by atoms with van der Waals surface area (Å²) in [6, 6.07) is 12.1. The maximum absolute atomic E-state index is 11.8. The third kappa shape index (κ3) is 5.23. The maximum Gasteiger partial charge on any atom is 0.311 e. The zero-order chi connectivity index (χ0) is 19.1. The minimum absolute atomic E-state index is 0.0909. The summed E-state index contributed by atoms with van der Waals surface area (Å²) < 4.78 is 4.85. The van der Waals surface area contributed by atoms with E-state index in [0.717, 1.165) is 0 Å². The molecule has 8 nitrogen and oxygen atoms in total. The molecule has 0 aliphatic heterocycles. The largest absolute Gasteiger partial charge is 0.455 e. The lowest BCUT2D eigenvalue weighted by Crippen LogP contribution is -2.21. The van der Waals surface area contributed by atoms with Gasteiger partial charge in [-0.15, -0.1) is 0 Å². The Labute approximate surface area is 148 Å². The number of nitro benzene ring substituents is 1. The fourth-order valence-electron chi connectivity index (χ4n) is 2.18. The topological polar surface area (TPSA) is 116 Å². The van der Waals surface area contributed by atoms with E-state index in [-0.39, 0.29) is 23.5 Å². The number of benzene rings is 2. The molecule has 0 aliphatic carbocycles. The van der Waals surface area contributed by atoms with Crippen molar-refractivity contribution in [3.8, 4) is 0 Å². The molecule has 0 fully saturated rings. The Morgan fingerprint density at radius 2 is 1.73 bits per heavy atom. The molecule has 0 bridgehead atoms. The van der Waals surface area contributed by atoms with Crippen LogP contribution in [-0.4, -0.2) is 29.2 Å². The number of esters is 1. The van der Waals surface area contributed by atoms with E-state index in [4.69, 9.17) is 4.74 Å². The van der Waals surface area contributed by atoms with Crippen molar-refractivity contribution < 1.29 is 24.0 Å². The van der Waals surface area contributed by atoms with Crippen LogP contribution in [0.15, 0.2) is 48.5 Å². The van der Waals surface area contributed by atoms with E-state index in [1.165, 1.54) is 25.1 Å². The van der Waals surface area contributed by atoms with Crippen LogP contribution in [0.5, 0.6) is 0 Å². The minimum atomic E-state index is -0.749. The summed E-state index contributed by atoms with van der Waals surface area (Å²) in [6.45, 7) is 0.915. The normalized spacial score (nSPS) is 10.0. The first-order chi connectivity index (χ1) is 12.4. The number of ether oxygens (including phenoxy) is 1. The second-order valence-corrected chi connectivity index (χ2v) is 5.40. The van der Waals surface area contributed by atoms with Crippen molar-refractivity contribution in [3.05, 3.63) is 69.8 Å². The van der Waals surface area contributed by atoms with Crippen molar-refractivity contribution in [1.29, 1.82) is 0 Å². The molecule has 2 aromatic rings.